The molecule has 0 radical (unpaired) electrons. The van der Waals surface area contributed by atoms with E-state index < -0.39 is 5.41 Å². The van der Waals surface area contributed by atoms with Gasteiger partial charge in [0.25, 0.3) is 0 Å². The number of hydrogen-bond acceptors (Lipinski definition) is 5. The molecule has 0 fully saturated rings. The topological polar surface area (TPSA) is 68.1 Å². The first kappa shape index (κ1) is 19.7. The molecule has 1 amide bonds. The first-order valence-corrected chi connectivity index (χ1v) is 8.53. The minimum absolute atomic E-state index is 0.0364. The molecule has 6 nitrogen and oxygen atoms in total. The van der Waals surface area contributed by atoms with Gasteiger partial charge in [0.2, 0.25) is 0 Å². The van der Waals surface area contributed by atoms with Gasteiger partial charge in [0.15, 0.2) is 11.0 Å². The lowest BCUT2D eigenvalue weighted by Gasteiger charge is -2.28. The van der Waals surface area contributed by atoms with Crippen LogP contribution in [0.15, 0.2) is 5.16 Å². The monoisotopic (exact) mass is 340 g/mol. The smallest absolute Gasteiger partial charge is 0.329 e. The molecule has 0 spiro atoms. The van der Waals surface area contributed by atoms with E-state index in [1.54, 1.807) is 21.0 Å². The van der Waals surface area contributed by atoms with Gasteiger partial charge >= 0.3 is 6.03 Å². The molecule has 23 heavy (non-hydrogen) atoms. The van der Waals surface area contributed by atoms with Crippen molar-refractivity contribution in [2.45, 2.75) is 64.3 Å². The summed E-state index contributed by atoms with van der Waals surface area (Å²) in [4.78, 5) is 30.3. The number of carbonyl (C=O) groups excluding carboxylic acids is 2. The van der Waals surface area contributed by atoms with Crippen molar-refractivity contribution in [3.8, 4) is 0 Å². The number of amides is 1. The van der Waals surface area contributed by atoms with E-state index in [9.17, 15) is 9.59 Å². The van der Waals surface area contributed by atoms with Crippen LogP contribution in [0.4, 0.5) is 4.79 Å². The maximum atomic E-state index is 12.4. The van der Waals surface area contributed by atoms with E-state index in [-0.39, 0.29) is 22.5 Å². The predicted molar refractivity (Wildman–Crippen MR) is 93.0 cm³/mol. The van der Waals surface area contributed by atoms with Crippen LogP contribution in [0.25, 0.3) is 0 Å². The molecule has 0 N–H and O–H groups in total. The zero-order valence-corrected chi connectivity index (χ0v) is 16.4. The number of hydrogen-bond donors (Lipinski definition) is 0. The Morgan fingerprint density at radius 1 is 1.17 bits per heavy atom. The molecule has 1 unspecified atom stereocenters. The summed E-state index contributed by atoms with van der Waals surface area (Å²) in [5.74, 6) is 0.724. The lowest BCUT2D eigenvalue weighted by atomic mass is 9.86. The van der Waals surface area contributed by atoms with Crippen molar-refractivity contribution in [1.82, 2.24) is 19.7 Å². The zero-order chi connectivity index (χ0) is 18.2. The molecular formula is C16H28N4O2S. The van der Waals surface area contributed by atoms with Gasteiger partial charge in [-0.05, 0) is 6.92 Å². The van der Waals surface area contributed by atoms with Crippen molar-refractivity contribution in [1.29, 1.82) is 0 Å². The first-order valence-electron chi connectivity index (χ1n) is 7.65. The lowest BCUT2D eigenvalue weighted by molar-refractivity contribution is -0.124. The molecule has 0 aliphatic rings. The van der Waals surface area contributed by atoms with Crippen LogP contribution in [0.3, 0.4) is 0 Å². The summed E-state index contributed by atoms with van der Waals surface area (Å²) >= 11 is 1.41. The maximum absolute atomic E-state index is 12.4. The minimum Gasteiger partial charge on any atom is -0.329 e. The third kappa shape index (κ3) is 4.34. The minimum atomic E-state index is -0.509. The molecule has 1 heterocycles. The molecule has 1 atom stereocenters. The van der Waals surface area contributed by atoms with Gasteiger partial charge in [0.1, 0.15) is 5.78 Å². The molecule has 1 aromatic heterocycles. The predicted octanol–water partition coefficient (Wildman–Crippen LogP) is 3.20. The van der Waals surface area contributed by atoms with Gasteiger partial charge in [-0.15, -0.1) is 5.10 Å². The summed E-state index contributed by atoms with van der Waals surface area (Å²) < 4.78 is 1.33. The van der Waals surface area contributed by atoms with Crippen LogP contribution in [0, 0.1) is 5.41 Å². The highest BCUT2D eigenvalue weighted by Gasteiger charge is 2.34. The van der Waals surface area contributed by atoms with Crippen molar-refractivity contribution in [2.24, 2.45) is 5.41 Å². The Labute approximate surface area is 143 Å². The fourth-order valence-corrected chi connectivity index (χ4v) is 2.73. The Kier molecular flexibility index (Phi) is 5.67. The van der Waals surface area contributed by atoms with Crippen LogP contribution in [-0.2, 0) is 10.2 Å². The molecule has 0 saturated carbocycles. The SMILES string of the molecule is CC(=O)C(C)(C)C(C)Sc1nc(C(C)(C)C)nn1C(=O)N(C)C. The number of carbonyl (C=O) groups is 2. The molecule has 1 aromatic rings. The van der Waals surface area contributed by atoms with E-state index in [1.807, 2.05) is 41.5 Å². The van der Waals surface area contributed by atoms with Gasteiger partial charge in [-0.25, -0.2) is 9.78 Å². The molecule has 0 aromatic carbocycles. The summed E-state index contributed by atoms with van der Waals surface area (Å²) in [6, 6.07) is -0.247. The Morgan fingerprint density at radius 2 is 1.70 bits per heavy atom. The summed E-state index contributed by atoms with van der Waals surface area (Å²) in [5, 5.41) is 4.88. The lowest BCUT2D eigenvalue weighted by Crippen LogP contribution is -2.33. The second kappa shape index (κ2) is 6.63. The highest BCUT2D eigenvalue weighted by Crippen LogP contribution is 2.36. The van der Waals surface area contributed by atoms with Crippen LogP contribution in [0.2, 0.25) is 0 Å². The van der Waals surface area contributed by atoms with Gasteiger partial charge in [-0.2, -0.15) is 4.68 Å². The molecule has 0 aliphatic heterocycles. The van der Waals surface area contributed by atoms with Crippen LogP contribution in [0.1, 0.15) is 54.3 Å². The van der Waals surface area contributed by atoms with Gasteiger partial charge < -0.3 is 4.90 Å². The van der Waals surface area contributed by atoms with E-state index in [2.05, 4.69) is 10.1 Å². The molecule has 0 bridgehead atoms. The third-order valence-electron chi connectivity index (χ3n) is 4.02. The fraction of sp³-hybridized carbons (Fsp3) is 0.750. The zero-order valence-electron chi connectivity index (χ0n) is 15.6. The molecular weight excluding hydrogens is 312 g/mol. The highest BCUT2D eigenvalue weighted by molar-refractivity contribution is 7.99. The largest absolute Gasteiger partial charge is 0.346 e. The van der Waals surface area contributed by atoms with Crippen LogP contribution in [0.5, 0.6) is 0 Å². The van der Waals surface area contributed by atoms with Crippen molar-refractivity contribution >= 4 is 23.6 Å². The molecule has 1 rings (SSSR count). The summed E-state index contributed by atoms with van der Waals surface area (Å²) in [6.07, 6.45) is 0. The normalized spacial score (nSPS) is 13.8. The number of aromatic nitrogens is 3. The van der Waals surface area contributed by atoms with E-state index in [0.717, 1.165) is 0 Å². The Bertz CT molecular complexity index is 600. The molecule has 130 valence electrons. The number of rotatable bonds is 4. The fourth-order valence-electron chi connectivity index (χ4n) is 1.60. The Hall–Kier alpha value is -1.37. The van der Waals surface area contributed by atoms with Gasteiger partial charge in [-0.1, -0.05) is 53.3 Å². The number of thioether (sulfide) groups is 1. The molecule has 0 saturated heterocycles. The maximum Gasteiger partial charge on any atom is 0.346 e. The third-order valence-corrected chi connectivity index (χ3v) is 5.44. The van der Waals surface area contributed by atoms with Crippen LogP contribution in [-0.4, -0.2) is 50.8 Å². The van der Waals surface area contributed by atoms with Crippen LogP contribution >= 0.6 is 11.8 Å². The first-order chi connectivity index (χ1) is 10.3. The Morgan fingerprint density at radius 3 is 2.09 bits per heavy atom. The van der Waals surface area contributed by atoms with Crippen molar-refractivity contribution in [3.63, 3.8) is 0 Å². The molecule has 0 aliphatic carbocycles. The van der Waals surface area contributed by atoms with Gasteiger partial charge in [-0.3, -0.25) is 4.79 Å². The van der Waals surface area contributed by atoms with E-state index in [4.69, 9.17) is 0 Å². The Balaban J connectivity index is 3.26. The quantitative estimate of drug-likeness (QED) is 0.787. The second-order valence-corrected chi connectivity index (χ2v) is 8.90. The van der Waals surface area contributed by atoms with E-state index in [0.29, 0.717) is 11.0 Å². The van der Waals surface area contributed by atoms with Crippen molar-refractivity contribution in [2.75, 3.05) is 14.1 Å². The van der Waals surface area contributed by atoms with E-state index >= 15 is 0 Å². The average molecular weight is 340 g/mol. The molecule has 7 heteroatoms. The summed E-state index contributed by atoms with van der Waals surface area (Å²) in [5.41, 5.74) is -0.767. The average Bonchev–Trinajstić information content (AvgIpc) is 2.81. The second-order valence-electron chi connectivity index (χ2n) is 7.59. The summed E-state index contributed by atoms with van der Waals surface area (Å²) in [7, 11) is 3.36. The summed E-state index contributed by atoms with van der Waals surface area (Å²) in [6.45, 7) is 13.4. The van der Waals surface area contributed by atoms with Gasteiger partial charge in [0, 0.05) is 30.2 Å². The van der Waals surface area contributed by atoms with Crippen molar-refractivity contribution in [3.05, 3.63) is 5.82 Å². The van der Waals surface area contributed by atoms with Crippen LogP contribution < -0.4 is 0 Å². The van der Waals surface area contributed by atoms with Gasteiger partial charge in [0.05, 0.1) is 0 Å². The number of nitrogens with zero attached hydrogens (tertiary/aromatic N) is 4. The highest BCUT2D eigenvalue weighted by atomic mass is 32.2. The number of Topliss-reactive ketones (excluding diaryl/α,β-unsaturated/α-hetero) is 1. The standard InChI is InChI=1S/C16H28N4O2S/c1-10(21)16(6,7)11(2)23-13-17-12(15(3,4)5)18-20(13)14(22)19(8)9/h11H,1-9H3. The number of ketones is 1. The van der Waals surface area contributed by atoms with E-state index in [1.165, 1.54) is 21.3 Å². The van der Waals surface area contributed by atoms with Crippen molar-refractivity contribution < 1.29 is 9.59 Å².